The molecule has 0 unspecified atom stereocenters. The molecule has 0 bridgehead atoms. The van der Waals surface area contributed by atoms with Crippen LogP contribution >= 0.6 is 12.9 Å². The maximum absolute atomic E-state index is 5.11. The highest BCUT2D eigenvalue weighted by molar-refractivity contribution is 9.23. The summed E-state index contributed by atoms with van der Waals surface area (Å²) < 4.78 is 6.52. The molecule has 1 nitrogen and oxygen atoms in total. The Labute approximate surface area is 102 Å². The van der Waals surface area contributed by atoms with Crippen molar-refractivity contribution >= 4 is 31.1 Å². The number of aryl methyl sites for hydroxylation is 1. The minimum Gasteiger partial charge on any atom is -0.497 e. The van der Waals surface area contributed by atoms with Gasteiger partial charge < -0.3 is 17.6 Å². The number of hydrogen-bond donors (Lipinski definition) is 0. The molecule has 3 heteroatoms. The van der Waals surface area contributed by atoms with Crippen LogP contribution in [0.1, 0.15) is 18.4 Å². The van der Waals surface area contributed by atoms with Crippen LogP contribution in [-0.2, 0) is 6.42 Å². The van der Waals surface area contributed by atoms with Crippen LogP contribution in [0.25, 0.3) is 0 Å². The minimum absolute atomic E-state index is 0.0962. The first-order valence-corrected chi connectivity index (χ1v) is 9.95. The molecule has 74 valence electrons. The number of benzene rings is 1. The molecule has 1 aromatic rings. The molecule has 0 amide bonds. The molecule has 0 aliphatic rings. The topological polar surface area (TPSA) is 9.23 Å². The third-order valence-electron chi connectivity index (χ3n) is 2.26. The van der Waals surface area contributed by atoms with Gasteiger partial charge in [0, 0.05) is 0 Å². The Morgan fingerprint density at radius 1 is 1.21 bits per heavy atom. The highest BCUT2D eigenvalue weighted by Crippen LogP contribution is 2.13. The number of hydrogen-bond acceptors (Lipinski definition) is 1. The summed E-state index contributed by atoms with van der Waals surface area (Å²) in [5.74, 6) is 0.946. The van der Waals surface area contributed by atoms with E-state index in [2.05, 4.69) is 25.0 Å². The van der Waals surface area contributed by atoms with Gasteiger partial charge in [-0.25, -0.2) is 0 Å². The minimum atomic E-state index is 0.0962. The highest BCUT2D eigenvalue weighted by Gasteiger charge is 1.95. The van der Waals surface area contributed by atoms with Gasteiger partial charge in [-0.2, -0.15) is 0 Å². The fourth-order valence-corrected chi connectivity index (χ4v) is 3.12. The summed E-state index contributed by atoms with van der Waals surface area (Å²) in [4.78, 5) is 0. The Morgan fingerprint density at radius 2 is 1.93 bits per heavy atom. The molecular formula is C11H15BrMgO. The van der Waals surface area contributed by atoms with E-state index in [1.165, 1.54) is 29.4 Å². The SMILES string of the molecule is COc1ccc(CCC[CH2][Mg][Br])cc1. The summed E-state index contributed by atoms with van der Waals surface area (Å²) in [6.07, 6.45) is 3.87. The maximum atomic E-state index is 5.11. The number of unbranched alkanes of at least 4 members (excludes halogenated alkanes) is 1. The van der Waals surface area contributed by atoms with Crippen LogP contribution in [0.5, 0.6) is 5.75 Å². The number of rotatable bonds is 6. The molecule has 0 atom stereocenters. The van der Waals surface area contributed by atoms with Crippen molar-refractivity contribution in [2.45, 2.75) is 23.8 Å². The molecule has 1 rings (SSSR count). The molecular weight excluding hydrogens is 252 g/mol. The first-order valence-electron chi connectivity index (χ1n) is 5.05. The van der Waals surface area contributed by atoms with Gasteiger partial charge in [0.1, 0.15) is 5.75 Å². The fraction of sp³-hybridized carbons (Fsp3) is 0.455. The van der Waals surface area contributed by atoms with E-state index in [4.69, 9.17) is 4.74 Å². The normalized spacial score (nSPS) is 9.57. The lowest BCUT2D eigenvalue weighted by molar-refractivity contribution is 0.414. The Bertz CT molecular complexity index is 248. The van der Waals surface area contributed by atoms with Crippen molar-refractivity contribution in [1.29, 1.82) is 0 Å². The van der Waals surface area contributed by atoms with Gasteiger partial charge in [-0.3, -0.25) is 0 Å². The summed E-state index contributed by atoms with van der Waals surface area (Å²) >= 11 is 3.67. The van der Waals surface area contributed by atoms with Gasteiger partial charge in [0.15, 0.2) is 0 Å². The second kappa shape index (κ2) is 7.54. The smallest absolute Gasteiger partial charge is 0.468 e. The van der Waals surface area contributed by atoms with Crippen LogP contribution in [0, 0.1) is 0 Å². The van der Waals surface area contributed by atoms with Crippen molar-refractivity contribution in [3.63, 3.8) is 0 Å². The molecule has 0 saturated carbocycles. The van der Waals surface area contributed by atoms with Crippen LogP contribution in [0.3, 0.4) is 0 Å². The molecule has 0 spiro atoms. The van der Waals surface area contributed by atoms with Crippen LogP contribution < -0.4 is 4.74 Å². The first kappa shape index (κ1) is 12.3. The van der Waals surface area contributed by atoms with Crippen molar-refractivity contribution in [3.8, 4) is 5.75 Å². The van der Waals surface area contributed by atoms with E-state index in [1.54, 1.807) is 7.11 Å². The summed E-state index contributed by atoms with van der Waals surface area (Å²) in [6.45, 7) is 0. The van der Waals surface area contributed by atoms with Crippen LogP contribution in [0.4, 0.5) is 0 Å². The monoisotopic (exact) mass is 266 g/mol. The lowest BCUT2D eigenvalue weighted by atomic mass is 10.1. The predicted molar refractivity (Wildman–Crippen MR) is 65.4 cm³/mol. The summed E-state index contributed by atoms with van der Waals surface area (Å²) in [5, 5.41) is 0. The second-order valence-corrected chi connectivity index (χ2v) is 6.81. The number of methoxy groups -OCH3 is 1. The molecule has 0 aromatic heterocycles. The zero-order valence-corrected chi connectivity index (χ0v) is 11.6. The zero-order chi connectivity index (χ0) is 10.2. The van der Waals surface area contributed by atoms with Crippen molar-refractivity contribution in [2.75, 3.05) is 7.11 Å². The Hall–Kier alpha value is 0.266. The van der Waals surface area contributed by atoms with Gasteiger partial charge in [0.05, 0.1) is 7.11 Å². The third kappa shape index (κ3) is 4.67. The lowest BCUT2D eigenvalue weighted by Crippen LogP contribution is -1.88. The standard InChI is InChI=1S/C11H15O.BrH.Mg/c1-3-4-5-10-6-8-11(12-2)9-7-10;;/h6-9H,1,3-5H2,2H3;1H;/q;;+1/p-1. The number of ether oxygens (including phenoxy) is 1. The molecule has 0 heterocycles. The van der Waals surface area contributed by atoms with Crippen molar-refractivity contribution in [1.82, 2.24) is 0 Å². The van der Waals surface area contributed by atoms with E-state index in [-0.39, 0.29) is 18.2 Å². The molecule has 0 N–H and O–H groups in total. The summed E-state index contributed by atoms with van der Waals surface area (Å²) in [5.41, 5.74) is 1.42. The summed E-state index contributed by atoms with van der Waals surface area (Å²) in [7, 11) is 1.70. The molecule has 14 heavy (non-hydrogen) atoms. The van der Waals surface area contributed by atoms with Gasteiger partial charge >= 0.3 is 18.2 Å². The maximum Gasteiger partial charge on any atom is 0.468 e. The van der Waals surface area contributed by atoms with E-state index < -0.39 is 0 Å². The molecule has 0 aliphatic heterocycles. The summed E-state index contributed by atoms with van der Waals surface area (Å²) in [6, 6.07) is 8.39. The largest absolute Gasteiger partial charge is 0.497 e. The highest BCUT2D eigenvalue weighted by atomic mass is 79.9. The van der Waals surface area contributed by atoms with Crippen molar-refractivity contribution in [3.05, 3.63) is 29.8 Å². The van der Waals surface area contributed by atoms with Gasteiger partial charge in [-0.15, -0.1) is 4.55 Å². The predicted octanol–water partition coefficient (Wildman–Crippen LogP) is 3.45. The van der Waals surface area contributed by atoms with E-state index >= 15 is 0 Å². The molecule has 0 radical (unpaired) electrons. The van der Waals surface area contributed by atoms with Crippen molar-refractivity contribution in [2.24, 2.45) is 0 Å². The van der Waals surface area contributed by atoms with Crippen LogP contribution in [0.15, 0.2) is 24.3 Å². The molecule has 1 aromatic carbocycles. The lowest BCUT2D eigenvalue weighted by Gasteiger charge is -2.02. The second-order valence-electron chi connectivity index (χ2n) is 3.35. The quantitative estimate of drug-likeness (QED) is 0.566. The van der Waals surface area contributed by atoms with Gasteiger partial charge in [-0.05, 0) is 24.1 Å². The Balaban J connectivity index is 2.29. The Morgan fingerprint density at radius 3 is 2.50 bits per heavy atom. The molecule has 0 saturated heterocycles. The van der Waals surface area contributed by atoms with E-state index in [0.29, 0.717) is 0 Å². The average molecular weight is 267 g/mol. The van der Waals surface area contributed by atoms with Gasteiger partial charge in [0.2, 0.25) is 0 Å². The average Bonchev–Trinajstić information content (AvgIpc) is 2.25. The third-order valence-corrected chi connectivity index (χ3v) is 4.71. The fourth-order valence-electron chi connectivity index (χ4n) is 1.39. The van der Waals surface area contributed by atoms with E-state index in [0.717, 1.165) is 5.75 Å². The first-order chi connectivity index (χ1) is 6.86. The molecule has 0 aliphatic carbocycles. The Kier molecular flexibility index (Phi) is 6.65. The van der Waals surface area contributed by atoms with E-state index in [9.17, 15) is 0 Å². The van der Waals surface area contributed by atoms with Crippen molar-refractivity contribution < 1.29 is 4.74 Å². The molecule has 0 fully saturated rings. The van der Waals surface area contributed by atoms with Gasteiger partial charge in [-0.1, -0.05) is 25.0 Å². The number of halogens is 1. The van der Waals surface area contributed by atoms with Gasteiger partial charge in [0.25, 0.3) is 0 Å². The zero-order valence-electron chi connectivity index (χ0n) is 8.63. The van der Waals surface area contributed by atoms with Crippen LogP contribution in [0.2, 0.25) is 4.55 Å². The van der Waals surface area contributed by atoms with Crippen LogP contribution in [-0.4, -0.2) is 25.3 Å². The van der Waals surface area contributed by atoms with E-state index in [1.807, 2.05) is 12.1 Å².